The van der Waals surface area contributed by atoms with E-state index in [9.17, 15) is 45.3 Å². The fraction of sp³-hybridized carbons (Fsp3) is 0.900. The summed E-state index contributed by atoms with van der Waals surface area (Å²) in [5.74, 6) is -1.24. The zero-order valence-corrected chi connectivity index (χ0v) is 31.8. The molecule has 13 nitrogen and oxygen atoms in total. The first-order valence-electron chi connectivity index (χ1n) is 19.8. The topological polar surface area (TPSA) is 213 Å². The second kappa shape index (κ2) is 12.2. The van der Waals surface area contributed by atoms with E-state index in [1.807, 2.05) is 0 Å². The van der Waals surface area contributed by atoms with Crippen LogP contribution in [0.15, 0.2) is 11.6 Å². The molecule has 2 heterocycles. The molecule has 19 unspecified atom stereocenters. The van der Waals surface area contributed by atoms with Gasteiger partial charge >= 0.3 is 11.9 Å². The van der Waals surface area contributed by atoms with Gasteiger partial charge in [-0.3, -0.25) is 4.79 Å². The van der Waals surface area contributed by atoms with Gasteiger partial charge in [-0.15, -0.1) is 0 Å². The highest BCUT2D eigenvalue weighted by atomic mass is 16.7. The first-order chi connectivity index (χ1) is 24.7. The van der Waals surface area contributed by atoms with Crippen LogP contribution in [-0.2, 0) is 28.5 Å². The molecule has 13 heteroatoms. The van der Waals surface area contributed by atoms with Crippen molar-refractivity contribution in [2.75, 3.05) is 6.61 Å². The van der Waals surface area contributed by atoms with Crippen molar-refractivity contribution < 1.29 is 64.3 Å². The molecule has 6 aliphatic carbocycles. The maximum atomic E-state index is 13.0. The van der Waals surface area contributed by atoms with Crippen LogP contribution in [0.3, 0.4) is 0 Å². The summed E-state index contributed by atoms with van der Waals surface area (Å²) in [7, 11) is 0. The van der Waals surface area contributed by atoms with Gasteiger partial charge in [0.25, 0.3) is 0 Å². The Kier molecular flexibility index (Phi) is 8.77. The van der Waals surface area contributed by atoms with E-state index in [-0.39, 0.29) is 46.0 Å². The number of carboxylic acids is 2. The third kappa shape index (κ3) is 4.93. The Morgan fingerprint density at radius 1 is 0.774 bits per heavy atom. The van der Waals surface area contributed by atoms with Gasteiger partial charge in [-0.2, -0.15) is 0 Å². The number of fused-ring (bicyclic) bond motifs is 6. The summed E-state index contributed by atoms with van der Waals surface area (Å²) in [5.41, 5.74) is 0.223. The monoisotopic (exact) mass is 748 g/mol. The van der Waals surface area contributed by atoms with Crippen LogP contribution in [0.25, 0.3) is 0 Å². The summed E-state index contributed by atoms with van der Waals surface area (Å²) in [5, 5.41) is 73.6. The molecule has 2 aliphatic heterocycles. The van der Waals surface area contributed by atoms with E-state index in [1.165, 1.54) is 5.57 Å². The fourth-order valence-corrected chi connectivity index (χ4v) is 14.6. The van der Waals surface area contributed by atoms with E-state index in [0.29, 0.717) is 12.3 Å². The highest BCUT2D eigenvalue weighted by Gasteiger charge is 2.77. The first kappa shape index (κ1) is 38.2. The summed E-state index contributed by atoms with van der Waals surface area (Å²) in [6, 6.07) is 0. The molecule has 298 valence electrons. The highest BCUT2D eigenvalue weighted by molar-refractivity contribution is 5.79. The third-order valence-corrected chi connectivity index (χ3v) is 17.5. The number of ether oxygens (including phenoxy) is 4. The molecule has 2 saturated heterocycles. The number of aliphatic hydroxyl groups is 5. The molecule has 0 amide bonds. The summed E-state index contributed by atoms with van der Waals surface area (Å²) < 4.78 is 23.3. The predicted octanol–water partition coefficient (Wildman–Crippen LogP) is 2.83. The van der Waals surface area contributed by atoms with Crippen LogP contribution in [0.2, 0.25) is 0 Å². The number of allylic oxidation sites excluding steroid dienone is 2. The number of carbonyl (C=O) groups is 2. The number of hydrogen-bond acceptors (Lipinski definition) is 11. The van der Waals surface area contributed by atoms with E-state index >= 15 is 0 Å². The number of hydrogen-bond donors (Lipinski definition) is 7. The van der Waals surface area contributed by atoms with Crippen molar-refractivity contribution in [2.24, 2.45) is 56.2 Å². The Morgan fingerprint density at radius 2 is 1.49 bits per heavy atom. The number of aliphatic carboxylic acids is 2. The quantitative estimate of drug-likeness (QED) is 0.154. The molecule has 4 bridgehead atoms. The van der Waals surface area contributed by atoms with Gasteiger partial charge in [0.15, 0.2) is 18.7 Å². The normalized spacial score (nSPS) is 56.8. The molecule has 7 fully saturated rings. The lowest BCUT2D eigenvalue weighted by Crippen LogP contribution is -2.66. The van der Waals surface area contributed by atoms with Gasteiger partial charge in [0.05, 0.1) is 18.1 Å². The average molecular weight is 749 g/mol. The lowest BCUT2D eigenvalue weighted by Gasteiger charge is -2.70. The molecule has 19 atom stereocenters. The van der Waals surface area contributed by atoms with Crippen LogP contribution >= 0.6 is 0 Å². The zero-order valence-electron chi connectivity index (χ0n) is 31.8. The van der Waals surface area contributed by atoms with Gasteiger partial charge in [-0.25, -0.2) is 4.79 Å². The second-order valence-corrected chi connectivity index (χ2v) is 19.9. The van der Waals surface area contributed by atoms with E-state index in [1.54, 1.807) is 0 Å². The Balaban J connectivity index is 1.04. The van der Waals surface area contributed by atoms with Gasteiger partial charge < -0.3 is 54.7 Å². The number of rotatable bonds is 6. The Labute approximate surface area is 311 Å². The van der Waals surface area contributed by atoms with Gasteiger partial charge in [-0.05, 0) is 109 Å². The summed E-state index contributed by atoms with van der Waals surface area (Å²) >= 11 is 0. The van der Waals surface area contributed by atoms with E-state index < -0.39 is 84.2 Å². The second-order valence-electron chi connectivity index (χ2n) is 19.9. The molecule has 0 spiro atoms. The van der Waals surface area contributed by atoms with E-state index in [2.05, 4.69) is 47.6 Å². The lowest BCUT2D eigenvalue weighted by atomic mass is 9.34. The Bertz CT molecular complexity index is 1550. The molecule has 5 saturated carbocycles. The number of aliphatic hydroxyl groups excluding tert-OH is 5. The van der Waals surface area contributed by atoms with E-state index in [0.717, 1.165) is 51.4 Å². The standard InChI is InChI=1S/C40H60O13/c1-35(2)21-9-12-38(5)22(8-7-18-19-15-36(3)13-14-40(19,34(48)49)23(36)16-39(18,38)6)37(21,4)11-10-24(35)51-33-28(45)29(27(44)30(53-33)31(46)47)52-32-26(43)25(42)20(41)17-50-32/h7,19-30,32-33,41-45H,8-17H2,1-6H3,(H,46,47)(H,48,49). The molecule has 8 rings (SSSR count). The van der Waals surface area contributed by atoms with Crippen molar-refractivity contribution in [3.05, 3.63) is 11.6 Å². The van der Waals surface area contributed by atoms with Crippen molar-refractivity contribution in [2.45, 2.75) is 161 Å². The summed E-state index contributed by atoms with van der Waals surface area (Å²) in [6.45, 7) is 13.7. The molecular formula is C40H60O13. The fourth-order valence-electron chi connectivity index (χ4n) is 14.6. The zero-order chi connectivity index (χ0) is 38.4. The Hall–Kier alpha value is -1.68. The molecule has 0 radical (unpaired) electrons. The van der Waals surface area contributed by atoms with Gasteiger partial charge in [0, 0.05) is 0 Å². The van der Waals surface area contributed by atoms with Crippen molar-refractivity contribution in [1.82, 2.24) is 0 Å². The molecule has 0 aromatic heterocycles. The molecule has 53 heavy (non-hydrogen) atoms. The molecular weight excluding hydrogens is 688 g/mol. The van der Waals surface area contributed by atoms with E-state index in [4.69, 9.17) is 18.9 Å². The van der Waals surface area contributed by atoms with Crippen LogP contribution < -0.4 is 0 Å². The molecule has 7 N–H and O–H groups in total. The van der Waals surface area contributed by atoms with Gasteiger partial charge in [0.2, 0.25) is 0 Å². The molecule has 0 aromatic carbocycles. The van der Waals surface area contributed by atoms with Crippen LogP contribution in [0.5, 0.6) is 0 Å². The minimum Gasteiger partial charge on any atom is -0.481 e. The van der Waals surface area contributed by atoms with Crippen LogP contribution in [0.4, 0.5) is 0 Å². The van der Waals surface area contributed by atoms with Crippen LogP contribution in [-0.4, -0.2) is 116 Å². The van der Waals surface area contributed by atoms with Crippen molar-refractivity contribution >= 4 is 11.9 Å². The predicted molar refractivity (Wildman–Crippen MR) is 186 cm³/mol. The maximum absolute atomic E-state index is 13.0. The largest absolute Gasteiger partial charge is 0.481 e. The average Bonchev–Trinajstić information content (AvgIpc) is 3.46. The summed E-state index contributed by atoms with van der Waals surface area (Å²) in [6.07, 6.45) is -4.72. The highest BCUT2D eigenvalue weighted by Crippen LogP contribution is 2.82. The lowest BCUT2D eigenvalue weighted by molar-refractivity contribution is -0.357. The van der Waals surface area contributed by atoms with Gasteiger partial charge in [-0.1, -0.05) is 53.2 Å². The van der Waals surface area contributed by atoms with Crippen LogP contribution in [0, 0.1) is 56.2 Å². The van der Waals surface area contributed by atoms with Crippen molar-refractivity contribution in [3.8, 4) is 0 Å². The minimum atomic E-state index is -1.86. The first-order valence-corrected chi connectivity index (χ1v) is 19.8. The maximum Gasteiger partial charge on any atom is 0.335 e. The van der Waals surface area contributed by atoms with Crippen molar-refractivity contribution in [1.29, 1.82) is 0 Å². The summed E-state index contributed by atoms with van der Waals surface area (Å²) in [4.78, 5) is 25.3. The van der Waals surface area contributed by atoms with Gasteiger partial charge in [0.1, 0.15) is 36.6 Å². The third-order valence-electron chi connectivity index (χ3n) is 17.5. The number of carboxylic acid groups (broad SMARTS) is 2. The Morgan fingerprint density at radius 3 is 2.17 bits per heavy atom. The minimum absolute atomic E-state index is 0.0175. The molecule has 0 aromatic rings. The molecule has 8 aliphatic rings. The van der Waals surface area contributed by atoms with Crippen molar-refractivity contribution in [3.63, 3.8) is 0 Å². The van der Waals surface area contributed by atoms with Crippen LogP contribution in [0.1, 0.15) is 99.3 Å². The smallest absolute Gasteiger partial charge is 0.335 e. The SMILES string of the molecule is CC12CCC3(C(=O)O)C(C1)C1=CCC4C5(C)CCC(OC6OC(C(=O)O)C(O)C(OC7OCC(O)C(O)C7O)C6O)C(C)(C)C5CCC4(C)C1(C)CC23.